The average molecular weight is 497 g/mol. The summed E-state index contributed by atoms with van der Waals surface area (Å²) < 4.78 is 9.06. The minimum absolute atomic E-state index is 0.228. The molecule has 37 heavy (non-hydrogen) atoms. The number of ketones is 1. The van der Waals surface area contributed by atoms with Crippen LogP contribution in [0.2, 0.25) is 0 Å². The molecule has 0 fully saturated rings. The van der Waals surface area contributed by atoms with E-state index in [2.05, 4.69) is 29.6 Å². The molecule has 186 valence electrons. The van der Waals surface area contributed by atoms with E-state index in [4.69, 9.17) is 4.74 Å². The van der Waals surface area contributed by atoms with Gasteiger partial charge in [0, 0.05) is 43.5 Å². The maximum atomic E-state index is 13.5. The van der Waals surface area contributed by atoms with Gasteiger partial charge in [-0.25, -0.2) is 19.6 Å². The van der Waals surface area contributed by atoms with Gasteiger partial charge in [0.25, 0.3) is 11.7 Å². The number of nitrogens with one attached hydrogen (secondary N) is 1. The number of para-hydroxylation sites is 1. The molecule has 1 aliphatic rings. The summed E-state index contributed by atoms with van der Waals surface area (Å²) in [5, 5.41) is 4.80. The number of carbonyl (C=O) groups is 2. The molecular weight excluding hydrogens is 472 g/mol. The van der Waals surface area contributed by atoms with Crippen molar-refractivity contribution in [1.29, 1.82) is 0 Å². The number of rotatable bonds is 5. The van der Waals surface area contributed by atoms with Crippen LogP contribution in [0, 0.1) is 6.92 Å². The largest absolute Gasteiger partial charge is 0.494 e. The highest BCUT2D eigenvalue weighted by molar-refractivity contribution is 6.45. The fourth-order valence-electron chi connectivity index (χ4n) is 4.81. The summed E-state index contributed by atoms with van der Waals surface area (Å²) in [5.74, 6) is 0.256. The van der Waals surface area contributed by atoms with Crippen molar-refractivity contribution in [3.8, 4) is 17.3 Å². The standard InChI is InChI=1S/C26H24N8O3/c1-16-29-15-34(31-16)25-23-22(21(37-2)13-28-25)18(12-27-23)24(35)26(36)32-10-8-19-20(9-11-32)33(14-30-19)17-6-4-3-5-7-17/h3-7,12-15,27H,8-11H2,1-2H3. The molecule has 11 nitrogen and oxygen atoms in total. The smallest absolute Gasteiger partial charge is 0.295 e. The zero-order valence-electron chi connectivity index (χ0n) is 20.4. The number of nitrogens with zero attached hydrogens (tertiary/aromatic N) is 7. The number of fused-ring (bicyclic) bond motifs is 2. The van der Waals surface area contributed by atoms with E-state index in [-0.39, 0.29) is 5.56 Å². The molecule has 1 amide bonds. The second-order valence-electron chi connectivity index (χ2n) is 8.80. The quantitative estimate of drug-likeness (QED) is 0.293. The number of imidazole rings is 1. The fraction of sp³-hybridized carbons (Fsp3) is 0.231. The van der Waals surface area contributed by atoms with E-state index in [0.29, 0.717) is 54.2 Å². The van der Waals surface area contributed by atoms with Crippen molar-refractivity contribution in [3.63, 3.8) is 0 Å². The Bertz CT molecular complexity index is 1630. The predicted octanol–water partition coefficient (Wildman–Crippen LogP) is 2.46. The first-order valence-corrected chi connectivity index (χ1v) is 11.9. The molecule has 0 spiro atoms. The molecule has 4 aromatic heterocycles. The van der Waals surface area contributed by atoms with Gasteiger partial charge in [-0.05, 0) is 19.1 Å². The van der Waals surface area contributed by atoms with Crippen LogP contribution in [0.3, 0.4) is 0 Å². The van der Waals surface area contributed by atoms with Gasteiger partial charge in [0.05, 0.1) is 41.8 Å². The van der Waals surface area contributed by atoms with Crippen molar-refractivity contribution in [3.05, 3.63) is 78.2 Å². The highest BCUT2D eigenvalue weighted by Gasteiger charge is 2.30. The van der Waals surface area contributed by atoms with E-state index >= 15 is 0 Å². The molecular formula is C26H24N8O3. The van der Waals surface area contributed by atoms with Crippen LogP contribution >= 0.6 is 0 Å². The Morgan fingerprint density at radius 3 is 2.59 bits per heavy atom. The summed E-state index contributed by atoms with van der Waals surface area (Å²) in [7, 11) is 1.50. The van der Waals surface area contributed by atoms with E-state index in [1.54, 1.807) is 18.2 Å². The molecule has 0 saturated carbocycles. The van der Waals surface area contributed by atoms with Crippen molar-refractivity contribution in [1.82, 2.24) is 39.2 Å². The number of Topliss-reactive ketones (excluding diaryl/α,β-unsaturated/α-hetero) is 1. The van der Waals surface area contributed by atoms with Crippen LogP contribution in [0.1, 0.15) is 27.6 Å². The van der Waals surface area contributed by atoms with Crippen LogP contribution in [-0.4, -0.2) is 71.1 Å². The lowest BCUT2D eigenvalue weighted by Crippen LogP contribution is -2.38. The minimum Gasteiger partial charge on any atom is -0.494 e. The third kappa shape index (κ3) is 3.84. The fourth-order valence-corrected chi connectivity index (χ4v) is 4.81. The lowest BCUT2D eigenvalue weighted by molar-refractivity contribution is -0.126. The van der Waals surface area contributed by atoms with Crippen molar-refractivity contribution in [2.45, 2.75) is 19.8 Å². The number of benzene rings is 1. The Labute approximate surface area is 211 Å². The first kappa shape index (κ1) is 22.7. The number of carbonyl (C=O) groups excluding carboxylic acids is 2. The van der Waals surface area contributed by atoms with E-state index < -0.39 is 11.7 Å². The molecule has 1 aliphatic heterocycles. The van der Waals surface area contributed by atoms with Crippen LogP contribution in [0.4, 0.5) is 0 Å². The van der Waals surface area contributed by atoms with Gasteiger partial charge in [0.2, 0.25) is 0 Å². The topological polar surface area (TPSA) is 124 Å². The van der Waals surface area contributed by atoms with E-state index in [0.717, 1.165) is 17.1 Å². The van der Waals surface area contributed by atoms with Crippen molar-refractivity contribution in [2.75, 3.05) is 20.2 Å². The zero-order valence-corrected chi connectivity index (χ0v) is 20.4. The van der Waals surface area contributed by atoms with Gasteiger partial charge in [-0.15, -0.1) is 0 Å². The Hall–Kier alpha value is -4.80. The summed E-state index contributed by atoms with van der Waals surface area (Å²) in [6.07, 6.45) is 7.58. The van der Waals surface area contributed by atoms with Gasteiger partial charge in [-0.1, -0.05) is 18.2 Å². The Kier molecular flexibility index (Phi) is 5.52. The molecule has 5 heterocycles. The van der Waals surface area contributed by atoms with Gasteiger partial charge >= 0.3 is 0 Å². The average Bonchev–Trinajstić information content (AvgIpc) is 3.63. The third-order valence-corrected chi connectivity index (χ3v) is 6.65. The van der Waals surface area contributed by atoms with Gasteiger partial charge in [-0.3, -0.25) is 9.59 Å². The second-order valence-corrected chi connectivity index (χ2v) is 8.80. The van der Waals surface area contributed by atoms with Crippen molar-refractivity contribution >= 4 is 22.6 Å². The Morgan fingerprint density at radius 2 is 1.84 bits per heavy atom. The molecule has 6 rings (SSSR count). The van der Waals surface area contributed by atoms with Gasteiger partial charge in [0.15, 0.2) is 5.82 Å². The summed E-state index contributed by atoms with van der Waals surface area (Å²) in [4.78, 5) is 44.8. The maximum absolute atomic E-state index is 13.5. The summed E-state index contributed by atoms with van der Waals surface area (Å²) >= 11 is 0. The maximum Gasteiger partial charge on any atom is 0.295 e. The summed E-state index contributed by atoms with van der Waals surface area (Å²) in [5.41, 5.74) is 3.78. The molecule has 0 unspecified atom stereocenters. The molecule has 0 atom stereocenters. The molecule has 0 saturated heterocycles. The van der Waals surface area contributed by atoms with Gasteiger partial charge < -0.3 is 19.2 Å². The number of ether oxygens (including phenoxy) is 1. The first-order valence-electron chi connectivity index (χ1n) is 11.9. The monoisotopic (exact) mass is 496 g/mol. The predicted molar refractivity (Wildman–Crippen MR) is 134 cm³/mol. The second kappa shape index (κ2) is 9.01. The van der Waals surface area contributed by atoms with Crippen LogP contribution in [0.5, 0.6) is 5.75 Å². The lowest BCUT2D eigenvalue weighted by atomic mass is 10.1. The molecule has 1 N–H and O–H groups in total. The van der Waals surface area contributed by atoms with E-state index in [1.165, 1.54) is 24.2 Å². The molecule has 11 heteroatoms. The SMILES string of the molecule is COc1cnc(-n2cnc(C)n2)c2[nH]cc(C(=O)C(=O)N3CCc4ncn(-c5ccccc5)c4CC3)c12. The normalized spacial score (nSPS) is 13.4. The number of pyridine rings is 1. The summed E-state index contributed by atoms with van der Waals surface area (Å²) in [6.45, 7) is 2.60. The first-order chi connectivity index (χ1) is 18.0. The van der Waals surface area contributed by atoms with Crippen LogP contribution in [0.25, 0.3) is 22.4 Å². The molecule has 5 aromatic rings. The Morgan fingerprint density at radius 1 is 1.03 bits per heavy atom. The lowest BCUT2D eigenvalue weighted by Gasteiger charge is -2.19. The van der Waals surface area contributed by atoms with Gasteiger partial charge in [0.1, 0.15) is 17.9 Å². The highest BCUT2D eigenvalue weighted by atomic mass is 16.5. The van der Waals surface area contributed by atoms with Crippen molar-refractivity contribution in [2.24, 2.45) is 0 Å². The van der Waals surface area contributed by atoms with Crippen LogP contribution < -0.4 is 4.74 Å². The number of methoxy groups -OCH3 is 1. The number of hydrogen-bond donors (Lipinski definition) is 1. The molecule has 0 radical (unpaired) electrons. The van der Waals surface area contributed by atoms with Crippen LogP contribution in [0.15, 0.2) is 55.4 Å². The van der Waals surface area contributed by atoms with Crippen molar-refractivity contribution < 1.29 is 14.3 Å². The van der Waals surface area contributed by atoms with Gasteiger partial charge in [-0.2, -0.15) is 5.10 Å². The number of aryl methyl sites for hydroxylation is 1. The zero-order chi connectivity index (χ0) is 25.5. The molecule has 0 aliphatic carbocycles. The number of aromatic nitrogens is 7. The van der Waals surface area contributed by atoms with E-state index in [1.807, 2.05) is 36.7 Å². The Balaban J connectivity index is 1.29. The number of hydrogen-bond acceptors (Lipinski definition) is 7. The minimum atomic E-state index is -0.609. The number of H-pyrrole nitrogens is 1. The number of amides is 1. The highest BCUT2D eigenvalue weighted by Crippen LogP contribution is 2.32. The third-order valence-electron chi connectivity index (χ3n) is 6.65. The summed E-state index contributed by atoms with van der Waals surface area (Å²) in [6, 6.07) is 9.97. The molecule has 0 bridgehead atoms. The number of aromatic amines is 1. The van der Waals surface area contributed by atoms with E-state index in [9.17, 15) is 9.59 Å². The van der Waals surface area contributed by atoms with Crippen LogP contribution in [-0.2, 0) is 17.6 Å². The molecule has 1 aromatic carbocycles.